The summed E-state index contributed by atoms with van der Waals surface area (Å²) in [5.41, 5.74) is 1.17. The molecule has 0 aromatic heterocycles. The summed E-state index contributed by atoms with van der Waals surface area (Å²) in [5.74, 6) is 0.898. The predicted molar refractivity (Wildman–Crippen MR) is 54.8 cm³/mol. The first kappa shape index (κ1) is 13.1. The van der Waals surface area contributed by atoms with E-state index >= 15 is 0 Å². The predicted octanol–water partition coefficient (Wildman–Crippen LogP) is 4.19. The molecule has 0 unspecified atom stereocenters. The molecule has 1 aliphatic carbocycles. The van der Waals surface area contributed by atoms with Gasteiger partial charge in [0.15, 0.2) is 0 Å². The van der Waals surface area contributed by atoms with E-state index in [9.17, 15) is 0 Å². The highest BCUT2D eigenvalue weighted by Gasteiger charge is 2.15. The van der Waals surface area contributed by atoms with E-state index in [1.807, 2.05) is 33.8 Å². The van der Waals surface area contributed by atoms with Gasteiger partial charge in [0.05, 0.1) is 0 Å². The van der Waals surface area contributed by atoms with Crippen molar-refractivity contribution in [1.29, 1.82) is 0 Å². The normalized spacial score (nSPS) is 13.1. The largest absolute Gasteiger partial charge is 0.103 e. The van der Waals surface area contributed by atoms with Gasteiger partial charge in [-0.3, -0.25) is 0 Å². The maximum Gasteiger partial charge on any atom is -0.0236 e. The van der Waals surface area contributed by atoms with Crippen molar-refractivity contribution in [1.82, 2.24) is 0 Å². The van der Waals surface area contributed by atoms with Crippen molar-refractivity contribution in [2.75, 3.05) is 0 Å². The van der Waals surface area contributed by atoms with Gasteiger partial charge in [0.1, 0.15) is 0 Å². The molecule has 1 saturated carbocycles. The average molecular weight is 154 g/mol. The summed E-state index contributed by atoms with van der Waals surface area (Å²) >= 11 is 0. The lowest BCUT2D eigenvalue weighted by Gasteiger charge is -1.65. The third-order valence-electron chi connectivity index (χ3n) is 0.955. The highest BCUT2D eigenvalue weighted by Crippen LogP contribution is 2.28. The molecule has 66 valence electrons. The zero-order valence-electron chi connectivity index (χ0n) is 8.48. The zero-order valence-corrected chi connectivity index (χ0v) is 8.48. The van der Waals surface area contributed by atoms with Gasteiger partial charge in [0, 0.05) is 0 Å². The van der Waals surface area contributed by atoms with Gasteiger partial charge in [-0.25, -0.2) is 0 Å². The van der Waals surface area contributed by atoms with Crippen LogP contribution in [0.5, 0.6) is 0 Å². The van der Waals surface area contributed by atoms with Gasteiger partial charge in [0.2, 0.25) is 0 Å². The maximum atomic E-state index is 3.62. The van der Waals surface area contributed by atoms with Crippen molar-refractivity contribution < 1.29 is 0 Å². The van der Waals surface area contributed by atoms with E-state index in [0.717, 1.165) is 5.92 Å². The Bertz CT molecular complexity index is 92.6. The Morgan fingerprint density at radius 2 is 1.55 bits per heavy atom. The van der Waals surface area contributed by atoms with E-state index in [2.05, 4.69) is 13.2 Å². The molecule has 0 heterocycles. The first-order valence-electron chi connectivity index (χ1n) is 4.41. The van der Waals surface area contributed by atoms with E-state index in [1.54, 1.807) is 0 Å². The molecular weight excluding hydrogens is 132 g/mol. The summed E-state index contributed by atoms with van der Waals surface area (Å²) in [4.78, 5) is 0. The smallest absolute Gasteiger partial charge is 0.0236 e. The molecule has 0 saturated heterocycles. The lowest BCUT2D eigenvalue weighted by molar-refractivity contribution is 1.13. The van der Waals surface area contributed by atoms with Gasteiger partial charge in [0.25, 0.3) is 0 Å². The van der Waals surface area contributed by atoms with Crippen molar-refractivity contribution in [3.05, 3.63) is 24.8 Å². The quantitative estimate of drug-likeness (QED) is 0.497. The zero-order chi connectivity index (χ0) is 9.28. The first-order valence-corrected chi connectivity index (χ1v) is 4.41. The molecule has 0 bridgehead atoms. The third-order valence-corrected chi connectivity index (χ3v) is 0.955. The molecule has 11 heavy (non-hydrogen) atoms. The maximum absolute atomic E-state index is 3.62. The molecular formula is C11H22. The van der Waals surface area contributed by atoms with Crippen LogP contribution in [0.3, 0.4) is 0 Å². The van der Waals surface area contributed by atoms with Crippen molar-refractivity contribution in [3.8, 4) is 0 Å². The fourth-order valence-electron chi connectivity index (χ4n) is 0.332. The summed E-state index contributed by atoms with van der Waals surface area (Å²) in [7, 11) is 0. The van der Waals surface area contributed by atoms with Crippen LogP contribution < -0.4 is 0 Å². The van der Waals surface area contributed by atoms with E-state index in [0.29, 0.717) is 0 Å². The van der Waals surface area contributed by atoms with Crippen LogP contribution in [0.25, 0.3) is 0 Å². The molecule has 0 aromatic carbocycles. The summed E-state index contributed by atoms with van der Waals surface area (Å²) in [6.45, 7) is 15.1. The molecule has 0 aromatic rings. The lowest BCUT2D eigenvalue weighted by Crippen LogP contribution is -1.50. The van der Waals surface area contributed by atoms with Crippen LogP contribution in [0.2, 0.25) is 0 Å². The van der Waals surface area contributed by atoms with Gasteiger partial charge >= 0.3 is 0 Å². The van der Waals surface area contributed by atoms with Crippen molar-refractivity contribution >= 4 is 0 Å². The molecule has 0 spiro atoms. The van der Waals surface area contributed by atoms with Crippen LogP contribution in [0.1, 0.15) is 40.5 Å². The van der Waals surface area contributed by atoms with Crippen LogP contribution in [-0.4, -0.2) is 0 Å². The van der Waals surface area contributed by atoms with E-state index in [-0.39, 0.29) is 0 Å². The molecule has 0 amide bonds. The van der Waals surface area contributed by atoms with Crippen molar-refractivity contribution in [3.63, 3.8) is 0 Å². The minimum absolute atomic E-state index is 0.898. The summed E-state index contributed by atoms with van der Waals surface area (Å²) in [6, 6.07) is 0. The second kappa shape index (κ2) is 9.48. The van der Waals surface area contributed by atoms with Crippen molar-refractivity contribution in [2.24, 2.45) is 5.92 Å². The Balaban J connectivity index is 0. The Labute approximate surface area is 72.0 Å². The van der Waals surface area contributed by atoms with Crippen LogP contribution in [0, 0.1) is 5.92 Å². The SMILES string of the molecule is C=C(C)C.C=CC1CC1.CC. The van der Waals surface area contributed by atoms with Gasteiger partial charge in [-0.15, -0.1) is 13.2 Å². The molecule has 0 aliphatic heterocycles. The molecule has 0 nitrogen and oxygen atoms in total. The van der Waals surface area contributed by atoms with Crippen LogP contribution >= 0.6 is 0 Å². The molecule has 0 atom stereocenters. The molecule has 0 radical (unpaired) electrons. The summed E-state index contributed by atoms with van der Waals surface area (Å²) in [5, 5.41) is 0. The molecule has 1 fully saturated rings. The van der Waals surface area contributed by atoms with Gasteiger partial charge in [-0.05, 0) is 32.6 Å². The average Bonchev–Trinajstić information content (AvgIpc) is 2.72. The Hall–Kier alpha value is -0.520. The third kappa shape index (κ3) is 26.4. The van der Waals surface area contributed by atoms with E-state index < -0.39 is 0 Å². The Morgan fingerprint density at radius 1 is 1.27 bits per heavy atom. The van der Waals surface area contributed by atoms with Crippen molar-refractivity contribution in [2.45, 2.75) is 40.5 Å². The second-order valence-electron chi connectivity index (χ2n) is 2.78. The minimum Gasteiger partial charge on any atom is -0.103 e. The van der Waals surface area contributed by atoms with Gasteiger partial charge in [-0.2, -0.15) is 0 Å². The van der Waals surface area contributed by atoms with Crippen LogP contribution in [0.15, 0.2) is 24.8 Å². The highest BCUT2D eigenvalue weighted by atomic mass is 14.2. The molecule has 0 heteroatoms. The Morgan fingerprint density at radius 3 is 1.55 bits per heavy atom. The van der Waals surface area contributed by atoms with Gasteiger partial charge in [-0.1, -0.05) is 25.5 Å². The standard InChI is InChI=1S/C5H8.C4H8.C2H6/c1-2-5-3-4-5;1-4(2)3;1-2/h2,5H,1,3-4H2;1H2,2-3H3;1-2H3. The second-order valence-corrected chi connectivity index (χ2v) is 2.78. The monoisotopic (exact) mass is 154 g/mol. The fourth-order valence-corrected chi connectivity index (χ4v) is 0.332. The highest BCUT2D eigenvalue weighted by molar-refractivity contribution is 4.88. The number of hydrogen-bond donors (Lipinski definition) is 0. The summed E-state index contributed by atoms with van der Waals surface area (Å²) in [6.07, 6.45) is 4.81. The van der Waals surface area contributed by atoms with Gasteiger partial charge < -0.3 is 0 Å². The van der Waals surface area contributed by atoms with E-state index in [4.69, 9.17) is 0 Å². The summed E-state index contributed by atoms with van der Waals surface area (Å²) < 4.78 is 0. The Kier molecular flexibility index (Phi) is 11.3. The number of hydrogen-bond acceptors (Lipinski definition) is 0. The van der Waals surface area contributed by atoms with E-state index in [1.165, 1.54) is 18.4 Å². The fraction of sp³-hybridized carbons (Fsp3) is 0.636. The van der Waals surface area contributed by atoms with Crippen LogP contribution in [-0.2, 0) is 0 Å². The topological polar surface area (TPSA) is 0 Å². The molecule has 1 aliphatic rings. The molecule has 1 rings (SSSR count). The van der Waals surface area contributed by atoms with Crippen LogP contribution in [0.4, 0.5) is 0 Å². The minimum atomic E-state index is 0.898. The first-order chi connectivity index (χ1) is 5.16. The number of rotatable bonds is 1. The number of allylic oxidation sites excluding steroid dienone is 2. The molecule has 0 N–H and O–H groups in total. The lowest BCUT2D eigenvalue weighted by atomic mass is 10.4.